The number of hydrogen-bond acceptors (Lipinski definition) is 5. The SMILES string of the molecule is CN(CC(=O)NNC(=O)c1cccs1)S(=O)(=O)/C=C/c1ccccc1. The molecule has 7 nitrogen and oxygen atoms in total. The zero-order valence-corrected chi connectivity index (χ0v) is 15.0. The molecule has 25 heavy (non-hydrogen) atoms. The molecule has 0 aliphatic rings. The molecule has 2 rings (SSSR count). The van der Waals surface area contributed by atoms with Crippen molar-refractivity contribution in [1.29, 1.82) is 0 Å². The number of hydrogen-bond donors (Lipinski definition) is 2. The van der Waals surface area contributed by atoms with Crippen molar-refractivity contribution in [3.63, 3.8) is 0 Å². The Hall–Kier alpha value is -2.49. The van der Waals surface area contributed by atoms with E-state index < -0.39 is 28.4 Å². The van der Waals surface area contributed by atoms with Gasteiger partial charge in [0.25, 0.3) is 11.8 Å². The second kappa shape index (κ2) is 8.56. The molecule has 0 atom stereocenters. The summed E-state index contributed by atoms with van der Waals surface area (Å²) in [5.74, 6) is -1.11. The van der Waals surface area contributed by atoms with Gasteiger partial charge in [-0.3, -0.25) is 20.4 Å². The second-order valence-electron chi connectivity index (χ2n) is 4.99. The van der Waals surface area contributed by atoms with Gasteiger partial charge in [0.1, 0.15) is 0 Å². The number of hydrazine groups is 1. The van der Waals surface area contributed by atoms with Crippen LogP contribution < -0.4 is 10.9 Å². The van der Waals surface area contributed by atoms with Crippen LogP contribution in [0.2, 0.25) is 0 Å². The van der Waals surface area contributed by atoms with Gasteiger partial charge in [0.05, 0.1) is 11.4 Å². The summed E-state index contributed by atoms with van der Waals surface area (Å²) in [7, 11) is -2.47. The van der Waals surface area contributed by atoms with Gasteiger partial charge in [-0.25, -0.2) is 8.42 Å². The molecule has 0 aliphatic heterocycles. The topological polar surface area (TPSA) is 95.6 Å². The molecule has 9 heteroatoms. The quantitative estimate of drug-likeness (QED) is 0.743. The number of carbonyl (C=O) groups excluding carboxylic acids is 2. The minimum Gasteiger partial charge on any atom is -0.272 e. The van der Waals surface area contributed by atoms with Gasteiger partial charge in [0.2, 0.25) is 10.0 Å². The molecule has 0 aliphatic carbocycles. The molecule has 2 amide bonds. The highest BCUT2D eigenvalue weighted by molar-refractivity contribution is 7.92. The van der Waals surface area contributed by atoms with Gasteiger partial charge in [-0.05, 0) is 23.1 Å². The van der Waals surface area contributed by atoms with Crippen molar-refractivity contribution in [3.8, 4) is 0 Å². The molecule has 1 aromatic carbocycles. The van der Waals surface area contributed by atoms with Gasteiger partial charge in [-0.1, -0.05) is 36.4 Å². The highest BCUT2D eigenvalue weighted by atomic mass is 32.2. The van der Waals surface area contributed by atoms with E-state index in [0.717, 1.165) is 15.3 Å². The predicted molar refractivity (Wildman–Crippen MR) is 97.0 cm³/mol. The minimum atomic E-state index is -3.75. The van der Waals surface area contributed by atoms with Gasteiger partial charge >= 0.3 is 0 Å². The fourth-order valence-electron chi connectivity index (χ4n) is 1.76. The first kappa shape index (κ1) is 18.8. The van der Waals surface area contributed by atoms with Crippen molar-refractivity contribution in [2.45, 2.75) is 0 Å². The Morgan fingerprint density at radius 2 is 1.84 bits per heavy atom. The molecular weight excluding hydrogens is 362 g/mol. The molecule has 0 saturated heterocycles. The molecule has 2 aromatic rings. The van der Waals surface area contributed by atoms with Gasteiger partial charge in [-0.2, -0.15) is 4.31 Å². The maximum absolute atomic E-state index is 12.1. The van der Waals surface area contributed by atoms with E-state index in [2.05, 4.69) is 10.9 Å². The Balaban J connectivity index is 1.87. The van der Waals surface area contributed by atoms with Crippen molar-refractivity contribution in [1.82, 2.24) is 15.2 Å². The van der Waals surface area contributed by atoms with Crippen LogP contribution in [0.4, 0.5) is 0 Å². The van der Waals surface area contributed by atoms with Crippen molar-refractivity contribution >= 4 is 39.3 Å². The first-order valence-corrected chi connectivity index (χ1v) is 9.59. The molecule has 0 saturated carbocycles. The Kier molecular flexibility index (Phi) is 6.45. The fourth-order valence-corrected chi connectivity index (χ4v) is 3.21. The largest absolute Gasteiger partial charge is 0.279 e. The van der Waals surface area contributed by atoms with Crippen LogP contribution in [-0.4, -0.2) is 38.1 Å². The van der Waals surface area contributed by atoms with Crippen molar-refractivity contribution in [2.75, 3.05) is 13.6 Å². The Bertz CT molecular complexity index is 847. The lowest BCUT2D eigenvalue weighted by Gasteiger charge is -2.14. The van der Waals surface area contributed by atoms with E-state index in [0.29, 0.717) is 4.88 Å². The smallest absolute Gasteiger partial charge is 0.272 e. The lowest BCUT2D eigenvalue weighted by Crippen LogP contribution is -2.46. The first-order valence-electron chi connectivity index (χ1n) is 7.20. The van der Waals surface area contributed by atoms with E-state index >= 15 is 0 Å². The third-order valence-electron chi connectivity index (χ3n) is 3.09. The molecule has 0 bridgehead atoms. The number of benzene rings is 1. The third-order valence-corrected chi connectivity index (χ3v) is 5.44. The monoisotopic (exact) mass is 379 g/mol. The molecule has 0 fully saturated rings. The standard InChI is InChI=1S/C16H17N3O4S2/c1-19(25(22,23)11-9-13-6-3-2-4-7-13)12-15(20)17-18-16(21)14-8-5-10-24-14/h2-11H,12H2,1H3,(H,17,20)(H,18,21)/b11-9+. The number of sulfonamides is 1. The second-order valence-corrected chi connectivity index (χ2v) is 7.87. The minimum absolute atomic E-state index is 0.424. The summed E-state index contributed by atoms with van der Waals surface area (Å²) in [6.07, 6.45) is 1.45. The van der Waals surface area contributed by atoms with Gasteiger partial charge in [0, 0.05) is 12.5 Å². The van der Waals surface area contributed by atoms with Crippen LogP contribution in [0.3, 0.4) is 0 Å². The summed E-state index contributed by atoms with van der Waals surface area (Å²) in [5, 5.41) is 2.76. The van der Waals surface area contributed by atoms with Crippen LogP contribution in [-0.2, 0) is 14.8 Å². The highest BCUT2D eigenvalue weighted by Crippen LogP contribution is 2.08. The van der Waals surface area contributed by atoms with E-state index in [4.69, 9.17) is 0 Å². The summed E-state index contributed by atoms with van der Waals surface area (Å²) in [4.78, 5) is 23.9. The van der Waals surface area contributed by atoms with Crippen LogP contribution in [0.5, 0.6) is 0 Å². The normalized spacial score (nSPS) is 11.6. The van der Waals surface area contributed by atoms with E-state index in [1.165, 1.54) is 24.5 Å². The summed E-state index contributed by atoms with van der Waals surface area (Å²) in [6, 6.07) is 12.3. The molecule has 132 valence electrons. The molecular formula is C16H17N3O4S2. The van der Waals surface area contributed by atoms with E-state index in [9.17, 15) is 18.0 Å². The first-order chi connectivity index (χ1) is 11.9. The van der Waals surface area contributed by atoms with Crippen molar-refractivity contribution in [3.05, 3.63) is 63.7 Å². The summed E-state index contributed by atoms with van der Waals surface area (Å²) in [5.41, 5.74) is 5.15. The van der Waals surface area contributed by atoms with Crippen LogP contribution in [0, 0.1) is 0 Å². The lowest BCUT2D eigenvalue weighted by atomic mass is 10.2. The van der Waals surface area contributed by atoms with Crippen molar-refractivity contribution < 1.29 is 18.0 Å². The van der Waals surface area contributed by atoms with Crippen LogP contribution in [0.1, 0.15) is 15.2 Å². The highest BCUT2D eigenvalue weighted by Gasteiger charge is 2.18. The van der Waals surface area contributed by atoms with Crippen LogP contribution in [0.25, 0.3) is 6.08 Å². The third kappa shape index (κ3) is 5.82. The average Bonchev–Trinajstić information content (AvgIpc) is 3.13. The summed E-state index contributed by atoms with van der Waals surface area (Å²) in [6.45, 7) is -0.424. The zero-order valence-electron chi connectivity index (χ0n) is 13.4. The number of rotatable bonds is 6. The number of amides is 2. The number of carbonyl (C=O) groups is 2. The number of likely N-dealkylation sites (N-methyl/N-ethyl adjacent to an activating group) is 1. The lowest BCUT2D eigenvalue weighted by molar-refractivity contribution is -0.121. The number of thiophene rings is 1. The van der Waals surface area contributed by atoms with Crippen molar-refractivity contribution in [2.24, 2.45) is 0 Å². The summed E-state index contributed by atoms with van der Waals surface area (Å²) >= 11 is 1.23. The van der Waals surface area contributed by atoms with Gasteiger partial charge in [0.15, 0.2) is 0 Å². The van der Waals surface area contributed by atoms with Crippen LogP contribution >= 0.6 is 11.3 Å². The Morgan fingerprint density at radius 1 is 1.12 bits per heavy atom. The maximum atomic E-state index is 12.1. The molecule has 0 spiro atoms. The van der Waals surface area contributed by atoms with E-state index in [1.54, 1.807) is 41.8 Å². The average molecular weight is 379 g/mol. The molecule has 0 radical (unpaired) electrons. The van der Waals surface area contributed by atoms with Gasteiger partial charge in [-0.15, -0.1) is 11.3 Å². The number of nitrogens with zero attached hydrogens (tertiary/aromatic N) is 1. The molecule has 1 heterocycles. The molecule has 1 aromatic heterocycles. The maximum Gasteiger partial charge on any atom is 0.279 e. The molecule has 0 unspecified atom stereocenters. The number of nitrogens with one attached hydrogen (secondary N) is 2. The van der Waals surface area contributed by atoms with E-state index in [-0.39, 0.29) is 0 Å². The predicted octanol–water partition coefficient (Wildman–Crippen LogP) is 1.44. The summed E-state index contributed by atoms with van der Waals surface area (Å²) < 4.78 is 25.2. The van der Waals surface area contributed by atoms with Crippen LogP contribution in [0.15, 0.2) is 53.3 Å². The Labute approximate surface area is 150 Å². The van der Waals surface area contributed by atoms with Gasteiger partial charge < -0.3 is 0 Å². The van der Waals surface area contributed by atoms with E-state index in [1.807, 2.05) is 6.07 Å². The Morgan fingerprint density at radius 3 is 2.48 bits per heavy atom. The molecule has 2 N–H and O–H groups in total. The zero-order chi connectivity index (χ0) is 18.3. The fraction of sp³-hybridized carbons (Fsp3) is 0.125.